The normalized spacial score (nSPS) is 17.3. The summed E-state index contributed by atoms with van der Waals surface area (Å²) in [5.41, 5.74) is 7.61. The van der Waals surface area contributed by atoms with Crippen LogP contribution < -0.4 is 14.0 Å². The second-order valence-corrected chi connectivity index (χ2v) is 10.3. The lowest BCUT2D eigenvalue weighted by Crippen LogP contribution is -2.76. The molecule has 4 aromatic carbocycles. The summed E-state index contributed by atoms with van der Waals surface area (Å²) in [4.78, 5) is 0. The van der Waals surface area contributed by atoms with Gasteiger partial charge in [0.05, 0.1) is 12.4 Å². The average molecular weight is 489 g/mol. The summed E-state index contributed by atoms with van der Waals surface area (Å²) in [5, 5.41) is 2.50. The topological polar surface area (TPSA) is 26.8 Å². The molecule has 6 heterocycles. The number of para-hydroxylation sites is 1. The molecule has 0 radical (unpaired) electrons. The van der Waals surface area contributed by atoms with Gasteiger partial charge in [0.2, 0.25) is 6.20 Å². The van der Waals surface area contributed by atoms with Crippen molar-refractivity contribution in [3.63, 3.8) is 0 Å². The number of aromatic nitrogens is 4. The Kier molecular flexibility index (Phi) is 3.11. The first-order valence-corrected chi connectivity index (χ1v) is 13.0. The fourth-order valence-electron chi connectivity index (χ4n) is 7.23. The maximum absolute atomic E-state index is 6.85. The van der Waals surface area contributed by atoms with E-state index in [9.17, 15) is 0 Å². The van der Waals surface area contributed by atoms with Crippen molar-refractivity contribution in [2.24, 2.45) is 0 Å². The van der Waals surface area contributed by atoms with Crippen LogP contribution in [0.1, 0.15) is 11.1 Å². The molecule has 5 heteroatoms. The molecule has 3 aliphatic heterocycles. The fraction of sp³-hybridized carbons (Fsp3) is 0.0303. The highest BCUT2D eigenvalue weighted by Crippen LogP contribution is 2.55. The molecular weight excluding hydrogens is 468 g/mol. The summed E-state index contributed by atoms with van der Waals surface area (Å²) in [7, 11) is 0. The Hall–Kier alpha value is -5.16. The lowest BCUT2D eigenvalue weighted by Gasteiger charge is -2.32. The smallest absolute Gasteiger partial charge is 0.397 e. The van der Waals surface area contributed by atoms with Crippen molar-refractivity contribution in [3.8, 4) is 34.1 Å². The molecule has 1 atom stereocenters. The van der Waals surface area contributed by atoms with E-state index in [1.54, 1.807) is 0 Å². The van der Waals surface area contributed by atoms with Gasteiger partial charge in [0.25, 0.3) is 5.82 Å². The molecule has 0 amide bonds. The predicted molar refractivity (Wildman–Crippen MR) is 144 cm³/mol. The molecule has 3 aliphatic rings. The maximum atomic E-state index is 6.85. The van der Waals surface area contributed by atoms with Crippen molar-refractivity contribution in [1.29, 1.82) is 0 Å². The van der Waals surface area contributed by atoms with Gasteiger partial charge in [-0.05, 0) is 53.6 Å². The first-order valence-electron chi connectivity index (χ1n) is 13.0. The molecule has 5 nitrogen and oxygen atoms in total. The van der Waals surface area contributed by atoms with Gasteiger partial charge in [-0.2, -0.15) is 9.13 Å². The summed E-state index contributed by atoms with van der Waals surface area (Å²) >= 11 is 0. The molecule has 176 valence electrons. The average Bonchev–Trinajstić information content (AvgIpc) is 3.66. The number of fused-ring (bicyclic) bond motifs is 7. The van der Waals surface area contributed by atoms with Crippen LogP contribution in [0.4, 0.5) is 0 Å². The van der Waals surface area contributed by atoms with Crippen molar-refractivity contribution < 1.29 is 14.0 Å². The quantitative estimate of drug-likeness (QED) is 0.267. The van der Waals surface area contributed by atoms with Gasteiger partial charge < -0.3 is 4.74 Å². The van der Waals surface area contributed by atoms with Crippen molar-refractivity contribution in [2.45, 2.75) is 5.66 Å². The van der Waals surface area contributed by atoms with Crippen LogP contribution in [0.2, 0.25) is 0 Å². The van der Waals surface area contributed by atoms with Crippen LogP contribution in [-0.2, 0) is 5.66 Å². The molecule has 1 unspecified atom stereocenters. The van der Waals surface area contributed by atoms with Crippen LogP contribution in [0.15, 0.2) is 122 Å². The lowest BCUT2D eigenvalue weighted by molar-refractivity contribution is -0.993. The zero-order valence-corrected chi connectivity index (χ0v) is 20.2. The second kappa shape index (κ2) is 6.21. The van der Waals surface area contributed by atoms with Crippen molar-refractivity contribution in [2.75, 3.05) is 0 Å². The minimum absolute atomic E-state index is 0.614. The fourth-order valence-corrected chi connectivity index (χ4v) is 7.23. The largest absolute Gasteiger partial charge is 0.456 e. The Balaban J connectivity index is 1.45. The molecule has 0 saturated heterocycles. The molecule has 0 saturated carbocycles. The SMILES string of the molecule is c1ccc(-c2cc3c4c(c2)-n2ccc[n+]2C42c4c(ccc5c6ccccc6n(c45)-c4cccc[n+]42)O3)cc1. The number of nitrogens with zero attached hydrogens (tertiary/aromatic N) is 4. The number of hydrogen-bond acceptors (Lipinski definition) is 1. The summed E-state index contributed by atoms with van der Waals surface area (Å²) in [6.45, 7) is 0. The van der Waals surface area contributed by atoms with Gasteiger partial charge in [0.15, 0.2) is 11.1 Å². The first kappa shape index (κ1) is 19.0. The highest BCUT2D eigenvalue weighted by molar-refractivity contribution is 6.11. The molecule has 1 spiro atoms. The molecular formula is C33H20N4O+2. The third kappa shape index (κ3) is 1.91. The standard InChI is InChI=1S/C33H20N4O/c1-2-9-21(10-3-1)22-19-26-30-28(20-22)38-27-15-14-24-23-11-4-5-12-25(23)37-29-13-6-7-16-34(29)33(30,31(27)32(24)37)36-18-8-17-35(26)36/h1-20H/q+2. The van der Waals surface area contributed by atoms with E-state index in [-0.39, 0.29) is 0 Å². The van der Waals surface area contributed by atoms with Crippen molar-refractivity contribution in [3.05, 3.63) is 133 Å². The maximum Gasteiger partial charge on any atom is 0.397 e. The minimum atomic E-state index is -0.614. The summed E-state index contributed by atoms with van der Waals surface area (Å²) < 4.78 is 16.4. The van der Waals surface area contributed by atoms with E-state index in [0.717, 1.165) is 28.6 Å². The molecule has 0 fully saturated rings. The van der Waals surface area contributed by atoms with E-state index in [1.807, 2.05) is 0 Å². The number of ether oxygens (including phenoxy) is 1. The Morgan fingerprint density at radius 1 is 0.658 bits per heavy atom. The molecule has 3 aromatic heterocycles. The number of hydrogen-bond donors (Lipinski definition) is 0. The Bertz CT molecular complexity index is 2170. The monoisotopic (exact) mass is 488 g/mol. The lowest BCUT2D eigenvalue weighted by atomic mass is 9.83. The van der Waals surface area contributed by atoms with Crippen LogP contribution in [0.25, 0.3) is 44.4 Å². The van der Waals surface area contributed by atoms with Crippen LogP contribution in [0.5, 0.6) is 11.5 Å². The van der Waals surface area contributed by atoms with Crippen LogP contribution >= 0.6 is 0 Å². The number of rotatable bonds is 1. The highest BCUT2D eigenvalue weighted by Gasteiger charge is 2.68. The van der Waals surface area contributed by atoms with Gasteiger partial charge in [-0.15, -0.1) is 4.68 Å². The molecule has 0 bridgehead atoms. The van der Waals surface area contributed by atoms with E-state index in [4.69, 9.17) is 4.74 Å². The van der Waals surface area contributed by atoms with Crippen molar-refractivity contribution in [1.82, 2.24) is 9.25 Å². The third-order valence-electron chi connectivity index (χ3n) is 8.59. The highest BCUT2D eigenvalue weighted by atomic mass is 16.5. The van der Waals surface area contributed by atoms with Gasteiger partial charge in [-0.3, -0.25) is 0 Å². The molecule has 7 aromatic rings. The zero-order chi connectivity index (χ0) is 24.6. The van der Waals surface area contributed by atoms with Crippen molar-refractivity contribution >= 4 is 21.8 Å². The number of benzene rings is 4. The predicted octanol–water partition coefficient (Wildman–Crippen LogP) is 5.85. The second-order valence-electron chi connectivity index (χ2n) is 10.3. The van der Waals surface area contributed by atoms with Crippen LogP contribution in [-0.4, -0.2) is 9.25 Å². The Labute approximate surface area is 217 Å². The molecule has 10 rings (SSSR count). The summed E-state index contributed by atoms with van der Waals surface area (Å²) in [5.74, 6) is 2.93. The molecule has 0 aliphatic carbocycles. The third-order valence-corrected chi connectivity index (χ3v) is 8.59. The van der Waals surface area contributed by atoms with Gasteiger partial charge >= 0.3 is 5.66 Å². The zero-order valence-electron chi connectivity index (χ0n) is 20.2. The number of pyridine rings is 1. The van der Waals surface area contributed by atoms with Gasteiger partial charge in [0.1, 0.15) is 28.3 Å². The summed E-state index contributed by atoms with van der Waals surface area (Å²) in [6.07, 6.45) is 6.57. The van der Waals surface area contributed by atoms with E-state index >= 15 is 0 Å². The van der Waals surface area contributed by atoms with E-state index in [0.29, 0.717) is 0 Å². The van der Waals surface area contributed by atoms with E-state index in [1.165, 1.54) is 38.5 Å². The van der Waals surface area contributed by atoms with Gasteiger partial charge in [0, 0.05) is 22.9 Å². The Morgan fingerprint density at radius 2 is 1.53 bits per heavy atom. The van der Waals surface area contributed by atoms with Crippen LogP contribution in [0, 0.1) is 0 Å². The molecule has 38 heavy (non-hydrogen) atoms. The Morgan fingerprint density at radius 3 is 2.47 bits per heavy atom. The first-order chi connectivity index (χ1) is 18.9. The molecule has 0 N–H and O–H groups in total. The minimum Gasteiger partial charge on any atom is -0.456 e. The van der Waals surface area contributed by atoms with Gasteiger partial charge in [-0.25, -0.2) is 0 Å². The van der Waals surface area contributed by atoms with E-state index in [2.05, 4.69) is 140 Å². The van der Waals surface area contributed by atoms with E-state index < -0.39 is 5.66 Å². The summed E-state index contributed by atoms with van der Waals surface area (Å²) in [6, 6.07) is 36.8. The van der Waals surface area contributed by atoms with Crippen LogP contribution in [0.3, 0.4) is 0 Å². The van der Waals surface area contributed by atoms with Gasteiger partial charge in [-0.1, -0.05) is 53.2 Å².